The second-order valence-corrected chi connectivity index (χ2v) is 5.39. The van der Waals surface area contributed by atoms with Crippen molar-refractivity contribution in [2.24, 2.45) is 0 Å². The zero-order valence-electron chi connectivity index (χ0n) is 9.30. The molecule has 0 saturated carbocycles. The van der Waals surface area contributed by atoms with E-state index in [1.807, 2.05) is 18.2 Å². The first kappa shape index (κ1) is 12.9. The summed E-state index contributed by atoms with van der Waals surface area (Å²) < 4.78 is 0.966. The minimum Gasteiger partial charge on any atom is -0.355 e. The average Bonchev–Trinajstić information content (AvgIpc) is 2.30. The predicted molar refractivity (Wildman–Crippen MR) is 72.0 cm³/mol. The van der Waals surface area contributed by atoms with Crippen LogP contribution in [0.3, 0.4) is 0 Å². The van der Waals surface area contributed by atoms with Crippen molar-refractivity contribution in [3.63, 3.8) is 0 Å². The summed E-state index contributed by atoms with van der Waals surface area (Å²) in [5.74, 6) is 0.0985. The number of rotatable bonds is 3. The highest BCUT2D eigenvalue weighted by Crippen LogP contribution is 2.21. The van der Waals surface area contributed by atoms with E-state index in [0.29, 0.717) is 11.6 Å². The van der Waals surface area contributed by atoms with Gasteiger partial charge < -0.3 is 10.6 Å². The maximum absolute atomic E-state index is 11.5. The van der Waals surface area contributed by atoms with Crippen LogP contribution in [-0.2, 0) is 11.3 Å². The van der Waals surface area contributed by atoms with E-state index in [4.69, 9.17) is 11.6 Å². The van der Waals surface area contributed by atoms with Crippen LogP contribution in [0.5, 0.6) is 0 Å². The van der Waals surface area contributed by atoms with E-state index < -0.39 is 0 Å². The molecule has 1 amide bonds. The van der Waals surface area contributed by atoms with Crippen molar-refractivity contribution in [3.8, 4) is 0 Å². The molecular weight excluding hydrogens is 304 g/mol. The van der Waals surface area contributed by atoms with Gasteiger partial charge in [-0.05, 0) is 30.5 Å². The van der Waals surface area contributed by atoms with Crippen molar-refractivity contribution in [1.29, 1.82) is 0 Å². The molecule has 1 saturated heterocycles. The summed E-state index contributed by atoms with van der Waals surface area (Å²) in [7, 11) is 0. The van der Waals surface area contributed by atoms with E-state index in [0.717, 1.165) is 29.4 Å². The summed E-state index contributed by atoms with van der Waals surface area (Å²) in [6.07, 6.45) is 1.93. The molecule has 0 aliphatic carbocycles. The molecule has 1 atom stereocenters. The summed E-state index contributed by atoms with van der Waals surface area (Å²) in [6, 6.07) is 5.59. The minimum absolute atomic E-state index is 0.0775. The van der Waals surface area contributed by atoms with Gasteiger partial charge in [0.15, 0.2) is 0 Å². The third-order valence-electron chi connectivity index (χ3n) is 2.84. The van der Waals surface area contributed by atoms with Crippen molar-refractivity contribution < 1.29 is 4.79 Å². The van der Waals surface area contributed by atoms with Crippen molar-refractivity contribution >= 4 is 33.4 Å². The smallest absolute Gasteiger partial charge is 0.237 e. The van der Waals surface area contributed by atoms with Gasteiger partial charge in [0.05, 0.1) is 6.04 Å². The highest BCUT2D eigenvalue weighted by Gasteiger charge is 2.21. The Labute approximate surface area is 114 Å². The van der Waals surface area contributed by atoms with Gasteiger partial charge in [-0.2, -0.15) is 0 Å². The zero-order chi connectivity index (χ0) is 12.3. The largest absolute Gasteiger partial charge is 0.355 e. The summed E-state index contributed by atoms with van der Waals surface area (Å²) in [4.78, 5) is 11.5. The molecular formula is C12H14BrClN2O. The molecule has 1 aliphatic heterocycles. The molecule has 5 heteroatoms. The number of hydrogen-bond acceptors (Lipinski definition) is 2. The quantitative estimate of drug-likeness (QED) is 0.899. The van der Waals surface area contributed by atoms with Gasteiger partial charge in [0.1, 0.15) is 0 Å². The van der Waals surface area contributed by atoms with Crippen LogP contribution in [0.15, 0.2) is 22.7 Å². The first-order valence-corrected chi connectivity index (χ1v) is 6.79. The van der Waals surface area contributed by atoms with Gasteiger partial charge in [-0.3, -0.25) is 4.79 Å². The Balaban J connectivity index is 1.95. The first-order chi connectivity index (χ1) is 8.16. The summed E-state index contributed by atoms with van der Waals surface area (Å²) in [5, 5.41) is 6.83. The number of carbonyl (C=O) groups excluding carboxylic acids is 1. The lowest BCUT2D eigenvalue weighted by Crippen LogP contribution is -2.47. The predicted octanol–water partition coefficient (Wildman–Crippen LogP) is 2.47. The molecule has 1 aromatic carbocycles. The van der Waals surface area contributed by atoms with Crippen molar-refractivity contribution in [2.75, 3.05) is 6.54 Å². The van der Waals surface area contributed by atoms with Crippen LogP contribution >= 0.6 is 27.5 Å². The third-order valence-corrected chi connectivity index (χ3v) is 3.81. The molecule has 0 radical (unpaired) electrons. The van der Waals surface area contributed by atoms with Crippen molar-refractivity contribution in [3.05, 3.63) is 33.3 Å². The SMILES string of the molecule is O=C1NCCCC1NCc1ccc(Cl)cc1Br. The monoisotopic (exact) mass is 316 g/mol. The lowest BCUT2D eigenvalue weighted by Gasteiger charge is -2.23. The average molecular weight is 318 g/mol. The van der Waals surface area contributed by atoms with Crippen LogP contribution < -0.4 is 10.6 Å². The molecule has 17 heavy (non-hydrogen) atoms. The van der Waals surface area contributed by atoms with Crippen molar-refractivity contribution in [1.82, 2.24) is 10.6 Å². The van der Waals surface area contributed by atoms with Crippen LogP contribution in [0, 0.1) is 0 Å². The first-order valence-electron chi connectivity index (χ1n) is 5.62. The number of amides is 1. The highest BCUT2D eigenvalue weighted by molar-refractivity contribution is 9.10. The molecule has 92 valence electrons. The third kappa shape index (κ3) is 3.44. The minimum atomic E-state index is -0.0775. The van der Waals surface area contributed by atoms with Crippen LogP contribution in [0.2, 0.25) is 5.02 Å². The lowest BCUT2D eigenvalue weighted by atomic mass is 10.1. The Hall–Kier alpha value is -0.580. The normalized spacial score (nSPS) is 20.1. The molecule has 0 aromatic heterocycles. The van der Waals surface area contributed by atoms with Gasteiger partial charge in [-0.1, -0.05) is 33.6 Å². The summed E-state index contributed by atoms with van der Waals surface area (Å²) in [6.45, 7) is 1.46. The number of halogens is 2. The number of carbonyl (C=O) groups is 1. The van der Waals surface area contributed by atoms with Gasteiger partial charge in [0.2, 0.25) is 5.91 Å². The maximum Gasteiger partial charge on any atom is 0.237 e. The molecule has 0 bridgehead atoms. The number of nitrogens with one attached hydrogen (secondary N) is 2. The molecule has 1 aliphatic rings. The Bertz CT molecular complexity index is 425. The molecule has 2 rings (SSSR count). The topological polar surface area (TPSA) is 41.1 Å². The molecule has 2 N–H and O–H groups in total. The second kappa shape index (κ2) is 5.85. The summed E-state index contributed by atoms with van der Waals surface area (Å²) in [5.41, 5.74) is 1.10. The molecule has 3 nitrogen and oxygen atoms in total. The highest BCUT2D eigenvalue weighted by atomic mass is 79.9. The number of hydrogen-bond donors (Lipinski definition) is 2. The molecule has 1 unspecified atom stereocenters. The van der Waals surface area contributed by atoms with E-state index in [1.165, 1.54) is 0 Å². The molecule has 1 fully saturated rings. The van der Waals surface area contributed by atoms with E-state index in [1.54, 1.807) is 0 Å². The Morgan fingerprint density at radius 2 is 2.35 bits per heavy atom. The number of benzene rings is 1. The Morgan fingerprint density at radius 1 is 1.53 bits per heavy atom. The van der Waals surface area contributed by atoms with Gasteiger partial charge in [0.25, 0.3) is 0 Å². The van der Waals surface area contributed by atoms with Crippen LogP contribution in [-0.4, -0.2) is 18.5 Å². The molecule has 0 spiro atoms. The maximum atomic E-state index is 11.5. The fraction of sp³-hybridized carbons (Fsp3) is 0.417. The van der Waals surface area contributed by atoms with Gasteiger partial charge in [0, 0.05) is 22.6 Å². The molecule has 1 aromatic rings. The second-order valence-electron chi connectivity index (χ2n) is 4.10. The fourth-order valence-corrected chi connectivity index (χ4v) is 2.69. The Kier molecular flexibility index (Phi) is 4.42. The van der Waals surface area contributed by atoms with E-state index in [2.05, 4.69) is 26.6 Å². The van der Waals surface area contributed by atoms with Gasteiger partial charge in [-0.25, -0.2) is 0 Å². The fourth-order valence-electron chi connectivity index (χ4n) is 1.87. The van der Waals surface area contributed by atoms with Gasteiger partial charge in [-0.15, -0.1) is 0 Å². The van der Waals surface area contributed by atoms with Crippen LogP contribution in [0.25, 0.3) is 0 Å². The number of piperidine rings is 1. The Morgan fingerprint density at radius 3 is 3.06 bits per heavy atom. The van der Waals surface area contributed by atoms with Crippen LogP contribution in [0.4, 0.5) is 0 Å². The van der Waals surface area contributed by atoms with Crippen LogP contribution in [0.1, 0.15) is 18.4 Å². The van der Waals surface area contributed by atoms with E-state index in [-0.39, 0.29) is 11.9 Å². The lowest BCUT2D eigenvalue weighted by molar-refractivity contribution is -0.124. The van der Waals surface area contributed by atoms with E-state index in [9.17, 15) is 4.79 Å². The molecule has 1 heterocycles. The van der Waals surface area contributed by atoms with Gasteiger partial charge >= 0.3 is 0 Å². The van der Waals surface area contributed by atoms with E-state index >= 15 is 0 Å². The van der Waals surface area contributed by atoms with Crippen molar-refractivity contribution in [2.45, 2.75) is 25.4 Å². The zero-order valence-corrected chi connectivity index (χ0v) is 11.6. The standard InChI is InChI=1S/C12H14BrClN2O/c13-10-6-9(14)4-3-8(10)7-16-11-2-1-5-15-12(11)17/h3-4,6,11,16H,1-2,5,7H2,(H,15,17). The summed E-state index contributed by atoms with van der Waals surface area (Å²) >= 11 is 9.34.